The van der Waals surface area contributed by atoms with Crippen LogP contribution in [0.3, 0.4) is 0 Å². The van der Waals surface area contributed by atoms with E-state index in [1.54, 1.807) is 0 Å². The van der Waals surface area contributed by atoms with Crippen LogP contribution in [0.1, 0.15) is 26.2 Å². The molecule has 0 aliphatic carbocycles. The van der Waals surface area contributed by atoms with Gasteiger partial charge in [-0.05, 0) is 6.42 Å². The molecule has 1 fully saturated rings. The zero-order valence-corrected chi connectivity index (χ0v) is 11.0. The van der Waals surface area contributed by atoms with Crippen LogP contribution in [0.25, 0.3) is 0 Å². The number of quaternary nitrogens is 1. The van der Waals surface area contributed by atoms with Crippen LogP contribution >= 0.6 is 0 Å². The van der Waals surface area contributed by atoms with E-state index in [1.807, 2.05) is 0 Å². The quantitative estimate of drug-likeness (QED) is 0.327. The lowest BCUT2D eigenvalue weighted by atomic mass is 10.4. The first kappa shape index (κ1) is 16.2. The molecule has 1 saturated heterocycles. The van der Waals surface area contributed by atoms with Crippen LogP contribution in [-0.4, -0.2) is 52.9 Å². The molecule has 0 spiro atoms. The first-order valence-electron chi connectivity index (χ1n) is 5.55. The number of nitrogens with zero attached hydrogens (tertiary/aromatic N) is 1. The van der Waals surface area contributed by atoms with Crippen molar-refractivity contribution in [2.24, 2.45) is 0 Å². The van der Waals surface area contributed by atoms with Crippen molar-refractivity contribution in [3.05, 3.63) is 0 Å². The third-order valence-corrected chi connectivity index (χ3v) is 2.40. The predicted octanol–water partition coefficient (Wildman–Crippen LogP) is 2.91. The van der Waals surface area contributed by atoms with Crippen LogP contribution in [0.2, 0.25) is 0 Å². The lowest BCUT2D eigenvalue weighted by Crippen LogP contribution is -2.42. The Morgan fingerprint density at radius 1 is 1.12 bits per heavy atom. The van der Waals surface area contributed by atoms with Crippen molar-refractivity contribution in [2.45, 2.75) is 26.2 Å². The van der Waals surface area contributed by atoms with Gasteiger partial charge in [0.25, 0.3) is 0 Å². The minimum atomic E-state index is -6.83. The standard InChI is InChI=1S/C9H20NO.Al.4FH/c1-3-8-11-9-10(2)6-4-5-7-10;;;;;/h3-9H2,1-2H3;;4*1H/q+1;+3;;;;/p-4. The van der Waals surface area contributed by atoms with Gasteiger partial charge in [0.15, 0.2) is 6.73 Å². The van der Waals surface area contributed by atoms with Gasteiger partial charge in [0, 0.05) is 12.8 Å². The van der Waals surface area contributed by atoms with E-state index in [0.717, 1.165) is 24.2 Å². The van der Waals surface area contributed by atoms with Crippen molar-refractivity contribution < 1.29 is 23.3 Å². The molecule has 0 N–H and O–H groups in total. The molecule has 0 amide bonds. The Labute approximate surface area is 98.4 Å². The highest BCUT2D eigenvalue weighted by Gasteiger charge is 2.41. The molecule has 0 aromatic rings. The Kier molecular flexibility index (Phi) is 7.57. The molecule has 1 aliphatic rings. The molecule has 0 atom stereocenters. The zero-order valence-electron chi connectivity index (χ0n) is 9.89. The highest BCUT2D eigenvalue weighted by atomic mass is 27.5. The zero-order chi connectivity index (χ0) is 12.7. The normalized spacial score (nSPS) is 19.1. The summed E-state index contributed by atoms with van der Waals surface area (Å²) in [6.45, 7) is 6.62. The third-order valence-electron chi connectivity index (χ3n) is 2.40. The van der Waals surface area contributed by atoms with E-state index >= 15 is 0 Å². The Hall–Kier alpha value is 0.172. The minimum Gasteiger partial charge on any atom is -0.510 e. The van der Waals surface area contributed by atoms with Gasteiger partial charge in [-0.2, -0.15) is 0 Å². The average molecular weight is 261 g/mol. The van der Waals surface area contributed by atoms with Crippen LogP contribution in [0, 0.1) is 0 Å². The molecule has 0 bridgehead atoms. The molecule has 0 saturated carbocycles. The molecule has 1 heterocycles. The lowest BCUT2D eigenvalue weighted by Gasteiger charge is -2.28. The van der Waals surface area contributed by atoms with Gasteiger partial charge in [-0.1, -0.05) is 6.92 Å². The second kappa shape index (κ2) is 7.49. The first-order valence-corrected chi connectivity index (χ1v) is 7.30. The maximum absolute atomic E-state index is 9.85. The fourth-order valence-corrected chi connectivity index (χ4v) is 1.66. The summed E-state index contributed by atoms with van der Waals surface area (Å²) in [5.74, 6) is 0. The van der Waals surface area contributed by atoms with Crippen LogP contribution in [0.4, 0.5) is 14.1 Å². The van der Waals surface area contributed by atoms with Gasteiger partial charge in [0.2, 0.25) is 0 Å². The Morgan fingerprint density at radius 3 is 1.94 bits per heavy atom. The van der Waals surface area contributed by atoms with E-state index in [1.165, 1.54) is 25.9 Å². The second-order valence-electron chi connectivity index (χ2n) is 4.31. The highest BCUT2D eigenvalue weighted by molar-refractivity contribution is 6.50. The topological polar surface area (TPSA) is 9.23 Å². The number of rotatable bonds is 4. The van der Waals surface area contributed by atoms with Gasteiger partial charge < -0.3 is 23.3 Å². The molecule has 1 aliphatic heterocycles. The summed E-state index contributed by atoms with van der Waals surface area (Å²) in [5.41, 5.74) is 0. The van der Waals surface area contributed by atoms with E-state index in [4.69, 9.17) is 4.74 Å². The third kappa shape index (κ3) is 10.7. The summed E-state index contributed by atoms with van der Waals surface area (Å²) in [5, 5.41) is 0. The summed E-state index contributed by atoms with van der Waals surface area (Å²) in [7, 11) is 2.29. The molecule has 16 heavy (non-hydrogen) atoms. The minimum absolute atomic E-state index is 0.924. The van der Waals surface area contributed by atoms with Crippen LogP contribution in [0.15, 0.2) is 0 Å². The molecule has 7 heteroatoms. The maximum Gasteiger partial charge on any atom is 1.04 e. The monoisotopic (exact) mass is 261 g/mol. The molecule has 0 unspecified atom stereocenters. The number of halogens is 4. The van der Waals surface area contributed by atoms with E-state index in [0.29, 0.717) is 0 Å². The SMILES string of the molecule is CCCOC[N+]1(C)CCCC1.[F][Al-]([F])([F])[F]. The number of likely N-dealkylation sites (tertiary alicyclic amines) is 1. The number of hydrogen-bond acceptors (Lipinski definition) is 1. The Morgan fingerprint density at radius 2 is 1.56 bits per heavy atom. The summed E-state index contributed by atoms with van der Waals surface area (Å²) in [6, 6.07) is 0. The smallest absolute Gasteiger partial charge is 0.510 e. The van der Waals surface area contributed by atoms with Gasteiger partial charge in [0.05, 0.1) is 26.7 Å². The van der Waals surface area contributed by atoms with Crippen LogP contribution in [0.5, 0.6) is 0 Å². The second-order valence-corrected chi connectivity index (χ2v) is 5.30. The first-order chi connectivity index (χ1) is 7.27. The molecule has 2 nitrogen and oxygen atoms in total. The Balaban J connectivity index is 0.000000385. The summed E-state index contributed by atoms with van der Waals surface area (Å²) < 4.78 is 46.1. The number of ether oxygens (including phenoxy) is 1. The summed E-state index contributed by atoms with van der Waals surface area (Å²) >= 11 is -6.83. The van der Waals surface area contributed by atoms with Gasteiger partial charge in [-0.25, -0.2) is 0 Å². The summed E-state index contributed by atoms with van der Waals surface area (Å²) in [4.78, 5) is 0. The van der Waals surface area contributed by atoms with Crippen molar-refractivity contribution in [3.8, 4) is 0 Å². The number of hydrogen-bond donors (Lipinski definition) is 0. The van der Waals surface area contributed by atoms with E-state index in [9.17, 15) is 14.1 Å². The molecule has 0 radical (unpaired) electrons. The predicted molar refractivity (Wildman–Crippen MR) is 56.4 cm³/mol. The van der Waals surface area contributed by atoms with Crippen LogP contribution in [-0.2, 0) is 4.74 Å². The van der Waals surface area contributed by atoms with E-state index < -0.39 is 14.9 Å². The van der Waals surface area contributed by atoms with Crippen molar-refractivity contribution in [2.75, 3.05) is 33.5 Å². The average Bonchev–Trinajstić information content (AvgIpc) is 2.50. The Bertz CT molecular complexity index is 177. The van der Waals surface area contributed by atoms with Crippen molar-refractivity contribution >= 4 is 14.9 Å². The van der Waals surface area contributed by atoms with Crippen molar-refractivity contribution in [1.82, 2.24) is 0 Å². The van der Waals surface area contributed by atoms with E-state index in [2.05, 4.69) is 14.0 Å². The van der Waals surface area contributed by atoms with Gasteiger partial charge in [0.1, 0.15) is 0 Å². The molecule has 98 valence electrons. The van der Waals surface area contributed by atoms with E-state index in [-0.39, 0.29) is 0 Å². The molecular formula is C9H20AlF4NO. The van der Waals surface area contributed by atoms with Crippen molar-refractivity contribution in [1.29, 1.82) is 0 Å². The molecule has 0 aromatic carbocycles. The fourth-order valence-electron chi connectivity index (χ4n) is 1.66. The van der Waals surface area contributed by atoms with Gasteiger partial charge in [-0.15, -0.1) is 0 Å². The molecule has 0 aromatic heterocycles. The lowest BCUT2D eigenvalue weighted by molar-refractivity contribution is -0.916. The maximum atomic E-state index is 9.85. The summed E-state index contributed by atoms with van der Waals surface area (Å²) in [6.07, 6.45) is 3.90. The van der Waals surface area contributed by atoms with Gasteiger partial charge in [-0.3, -0.25) is 0 Å². The largest absolute Gasteiger partial charge is 1.04 e. The molecule has 1 rings (SSSR count). The van der Waals surface area contributed by atoms with Crippen LogP contribution < -0.4 is 0 Å². The molecular weight excluding hydrogens is 241 g/mol. The highest BCUT2D eigenvalue weighted by Crippen LogP contribution is 2.15. The van der Waals surface area contributed by atoms with Crippen molar-refractivity contribution in [3.63, 3.8) is 0 Å². The van der Waals surface area contributed by atoms with Gasteiger partial charge >= 0.3 is 14.9 Å². The fraction of sp³-hybridized carbons (Fsp3) is 1.00.